The zero-order valence-corrected chi connectivity index (χ0v) is 12.2. The van der Waals surface area contributed by atoms with Crippen LogP contribution in [-0.4, -0.2) is 20.5 Å². The summed E-state index contributed by atoms with van der Waals surface area (Å²) >= 11 is 3.46. The molecule has 0 heterocycles. The van der Waals surface area contributed by atoms with Gasteiger partial charge in [0.15, 0.2) is 0 Å². The van der Waals surface area contributed by atoms with Crippen LogP contribution in [-0.2, 0) is 4.79 Å². The number of anilines is 1. The lowest BCUT2D eigenvalue weighted by molar-refractivity contribution is -0.106. The van der Waals surface area contributed by atoms with Crippen LogP contribution < -0.4 is 10.6 Å². The van der Waals surface area contributed by atoms with Crippen molar-refractivity contribution in [3.05, 3.63) is 28.2 Å². The van der Waals surface area contributed by atoms with Gasteiger partial charge in [0.25, 0.3) is 0 Å². The molecular formula is C12H21BrN2O. The van der Waals surface area contributed by atoms with E-state index < -0.39 is 0 Å². The van der Waals surface area contributed by atoms with Gasteiger partial charge in [-0.25, -0.2) is 0 Å². The van der Waals surface area contributed by atoms with Crippen LogP contribution >= 0.6 is 15.9 Å². The fourth-order valence-corrected chi connectivity index (χ4v) is 1.15. The third kappa shape index (κ3) is 7.29. The van der Waals surface area contributed by atoms with E-state index in [9.17, 15) is 0 Å². The molecule has 0 saturated carbocycles. The number of aryl methyl sites for hydroxylation is 1. The van der Waals surface area contributed by atoms with Gasteiger partial charge in [-0.05, 0) is 30.7 Å². The van der Waals surface area contributed by atoms with Gasteiger partial charge in [0.05, 0.1) is 0 Å². The molecular weight excluding hydrogens is 268 g/mol. The van der Waals surface area contributed by atoms with Crippen molar-refractivity contribution in [2.24, 2.45) is 5.73 Å². The van der Waals surface area contributed by atoms with Crippen molar-refractivity contribution in [3.63, 3.8) is 0 Å². The molecule has 0 aromatic heterocycles. The summed E-state index contributed by atoms with van der Waals surface area (Å²) in [6.07, 6.45) is 0.250. The predicted molar refractivity (Wildman–Crippen MR) is 74.8 cm³/mol. The summed E-state index contributed by atoms with van der Waals surface area (Å²) < 4.78 is 1.17. The van der Waals surface area contributed by atoms with Crippen LogP contribution in [0.15, 0.2) is 22.7 Å². The number of primary amides is 1. The molecule has 1 rings (SSSR count). The molecule has 0 radical (unpaired) electrons. The van der Waals surface area contributed by atoms with Gasteiger partial charge < -0.3 is 10.6 Å². The Morgan fingerprint density at radius 3 is 2.06 bits per heavy atom. The van der Waals surface area contributed by atoms with E-state index in [4.69, 9.17) is 4.79 Å². The van der Waals surface area contributed by atoms with Gasteiger partial charge in [-0.3, -0.25) is 4.79 Å². The summed E-state index contributed by atoms with van der Waals surface area (Å²) in [4.78, 5) is 10.7. The van der Waals surface area contributed by atoms with Crippen molar-refractivity contribution < 1.29 is 4.79 Å². The Bertz CT molecular complexity index is 301. The van der Waals surface area contributed by atoms with Crippen molar-refractivity contribution in [1.82, 2.24) is 0 Å². The molecule has 16 heavy (non-hydrogen) atoms. The molecule has 3 nitrogen and oxygen atoms in total. The van der Waals surface area contributed by atoms with Crippen LogP contribution in [0.25, 0.3) is 0 Å². The third-order valence-electron chi connectivity index (χ3n) is 1.66. The zero-order chi connectivity index (χ0) is 13.1. The Hall–Kier alpha value is -1.03. The summed E-state index contributed by atoms with van der Waals surface area (Å²) in [5.41, 5.74) is 6.68. The highest BCUT2D eigenvalue weighted by atomic mass is 79.9. The number of amides is 1. The molecule has 1 aromatic carbocycles. The maximum absolute atomic E-state index is 8.58. The largest absolute Gasteiger partial charge is 0.378 e. The second-order valence-electron chi connectivity index (χ2n) is 2.96. The molecule has 0 unspecified atom stereocenters. The quantitative estimate of drug-likeness (QED) is 0.808. The van der Waals surface area contributed by atoms with Crippen LogP contribution in [0.5, 0.6) is 0 Å². The normalized spacial score (nSPS) is 7.88. The predicted octanol–water partition coefficient (Wildman–Crippen LogP) is 2.95. The van der Waals surface area contributed by atoms with E-state index in [1.807, 2.05) is 27.9 Å². The minimum atomic E-state index is 0.250. The molecule has 0 aliphatic rings. The Morgan fingerprint density at radius 1 is 1.31 bits per heavy atom. The van der Waals surface area contributed by atoms with Crippen molar-refractivity contribution in [1.29, 1.82) is 0 Å². The van der Waals surface area contributed by atoms with Crippen LogP contribution in [0, 0.1) is 6.92 Å². The van der Waals surface area contributed by atoms with E-state index in [2.05, 4.69) is 51.7 Å². The van der Waals surface area contributed by atoms with Crippen molar-refractivity contribution >= 4 is 28.0 Å². The highest BCUT2D eigenvalue weighted by Crippen LogP contribution is 2.21. The Kier molecular flexibility index (Phi) is 11.4. The first kappa shape index (κ1) is 17.4. The maximum atomic E-state index is 8.58. The number of carbonyl (C=O) groups excluding carboxylic acids is 1. The molecule has 0 aliphatic heterocycles. The minimum absolute atomic E-state index is 0.250. The average molecular weight is 289 g/mol. The minimum Gasteiger partial charge on any atom is -0.378 e. The molecule has 0 fully saturated rings. The van der Waals surface area contributed by atoms with Crippen molar-refractivity contribution in [2.75, 3.05) is 19.0 Å². The van der Waals surface area contributed by atoms with Crippen LogP contribution in [0.4, 0.5) is 5.69 Å². The van der Waals surface area contributed by atoms with Crippen LogP contribution in [0.1, 0.15) is 19.4 Å². The smallest absolute Gasteiger partial charge is 0.204 e. The van der Waals surface area contributed by atoms with E-state index in [1.165, 1.54) is 15.7 Å². The van der Waals surface area contributed by atoms with E-state index in [0.717, 1.165) is 0 Å². The Labute approximate surface area is 107 Å². The SMILES string of the molecule is CC.Cc1cc(N(C)C)ccc1Br.NC=O. The number of hydrogen-bond donors (Lipinski definition) is 1. The van der Waals surface area contributed by atoms with Gasteiger partial charge in [0.2, 0.25) is 6.41 Å². The summed E-state index contributed by atoms with van der Waals surface area (Å²) in [5, 5.41) is 0. The highest BCUT2D eigenvalue weighted by Gasteiger charge is 1.97. The number of benzene rings is 1. The molecule has 0 bridgehead atoms. The van der Waals surface area contributed by atoms with Gasteiger partial charge in [0.1, 0.15) is 0 Å². The average Bonchev–Trinajstić information content (AvgIpc) is 2.26. The maximum Gasteiger partial charge on any atom is 0.204 e. The summed E-state index contributed by atoms with van der Waals surface area (Å²) in [5.74, 6) is 0. The van der Waals surface area contributed by atoms with Crippen LogP contribution in [0.2, 0.25) is 0 Å². The second kappa shape index (κ2) is 10.5. The monoisotopic (exact) mass is 288 g/mol. The third-order valence-corrected chi connectivity index (χ3v) is 2.55. The first-order valence-electron chi connectivity index (χ1n) is 5.11. The summed E-state index contributed by atoms with van der Waals surface area (Å²) in [6.45, 7) is 6.09. The Balaban J connectivity index is 0. The van der Waals surface area contributed by atoms with E-state index in [0.29, 0.717) is 0 Å². The molecule has 1 aromatic rings. The number of halogens is 1. The molecule has 0 spiro atoms. The van der Waals surface area contributed by atoms with Gasteiger partial charge in [0, 0.05) is 24.3 Å². The van der Waals surface area contributed by atoms with Gasteiger partial charge in [-0.15, -0.1) is 0 Å². The number of nitrogens with zero attached hydrogens (tertiary/aromatic N) is 1. The van der Waals surface area contributed by atoms with E-state index in [-0.39, 0.29) is 6.41 Å². The molecule has 1 amide bonds. The lowest BCUT2D eigenvalue weighted by atomic mass is 10.2. The molecule has 2 N–H and O–H groups in total. The standard InChI is InChI=1S/C9H12BrN.C2H6.CH3NO/c1-7-6-8(11(2)3)4-5-9(7)10;1-2;2-1-3/h4-6H,1-3H3;1-2H3;1H,(H2,2,3). The summed E-state index contributed by atoms with van der Waals surface area (Å²) in [6, 6.07) is 6.33. The number of rotatable bonds is 1. The first-order valence-corrected chi connectivity index (χ1v) is 5.91. The number of carbonyl (C=O) groups is 1. The highest BCUT2D eigenvalue weighted by molar-refractivity contribution is 9.10. The second-order valence-corrected chi connectivity index (χ2v) is 3.82. The number of nitrogens with two attached hydrogens (primary N) is 1. The molecule has 0 saturated heterocycles. The van der Waals surface area contributed by atoms with Gasteiger partial charge in [-0.1, -0.05) is 29.8 Å². The van der Waals surface area contributed by atoms with E-state index >= 15 is 0 Å². The Morgan fingerprint density at radius 2 is 1.75 bits per heavy atom. The lowest BCUT2D eigenvalue weighted by Gasteiger charge is -2.13. The molecule has 0 aliphatic carbocycles. The summed E-state index contributed by atoms with van der Waals surface area (Å²) in [7, 11) is 4.09. The first-order chi connectivity index (χ1) is 7.52. The van der Waals surface area contributed by atoms with Crippen LogP contribution in [0.3, 0.4) is 0 Å². The van der Waals surface area contributed by atoms with Gasteiger partial charge >= 0.3 is 0 Å². The van der Waals surface area contributed by atoms with Crippen molar-refractivity contribution in [2.45, 2.75) is 20.8 Å². The fraction of sp³-hybridized carbons (Fsp3) is 0.417. The van der Waals surface area contributed by atoms with Crippen molar-refractivity contribution in [3.8, 4) is 0 Å². The molecule has 0 atom stereocenters. The molecule has 92 valence electrons. The fourth-order valence-electron chi connectivity index (χ4n) is 0.907. The molecule has 4 heteroatoms. The number of hydrogen-bond acceptors (Lipinski definition) is 2. The lowest BCUT2D eigenvalue weighted by Crippen LogP contribution is -2.08. The van der Waals surface area contributed by atoms with Gasteiger partial charge in [-0.2, -0.15) is 0 Å². The van der Waals surface area contributed by atoms with E-state index in [1.54, 1.807) is 0 Å². The topological polar surface area (TPSA) is 46.3 Å². The zero-order valence-electron chi connectivity index (χ0n) is 10.6.